The van der Waals surface area contributed by atoms with E-state index in [1.54, 1.807) is 20.8 Å². The van der Waals surface area contributed by atoms with Crippen LogP contribution in [-0.2, 0) is 51.7 Å². The number of halogens is 4. The third-order valence-corrected chi connectivity index (χ3v) is 9.56. The minimum Gasteiger partial charge on any atom is -0.353 e. The van der Waals surface area contributed by atoms with E-state index < -0.39 is 83.6 Å². The summed E-state index contributed by atoms with van der Waals surface area (Å²) in [5, 5.41) is 2.42. The second-order valence-electron chi connectivity index (χ2n) is 11.4. The average molecular weight is 722 g/mol. The molecule has 0 spiro atoms. The van der Waals surface area contributed by atoms with Gasteiger partial charge in [0.2, 0.25) is 5.91 Å². The fraction of sp³-hybridized carbons (Fsp3) is 0.760. The summed E-state index contributed by atoms with van der Waals surface area (Å²) in [6.07, 6.45) is -8.40. The summed E-state index contributed by atoms with van der Waals surface area (Å²) < 4.78 is 133. The normalized spacial score (nSPS) is 24.6. The SMILES string of the molecule is CCOP(=O)(CO[C@H]1O[C@@H](n2cnc3c(NC(=O)C(C)(C)C)nc(F)nc32)[C@H](OS(=O)(=O)C(F)(F)F)[C@@H]1OC1CCCCO1)OCC. The number of carbonyl (C=O) groups excluding carboxylic acids is 1. The number of anilines is 1. The van der Waals surface area contributed by atoms with E-state index >= 15 is 0 Å². The average Bonchev–Trinajstić information content (AvgIpc) is 3.52. The molecular formula is C25H36F4N5O11PS. The number of amides is 1. The van der Waals surface area contributed by atoms with E-state index in [-0.39, 0.29) is 37.6 Å². The number of rotatable bonds is 13. The van der Waals surface area contributed by atoms with Crippen LogP contribution >= 0.6 is 7.60 Å². The molecule has 0 radical (unpaired) electrons. The van der Waals surface area contributed by atoms with Crippen LogP contribution in [0.1, 0.15) is 60.1 Å². The van der Waals surface area contributed by atoms with Crippen LogP contribution in [0.3, 0.4) is 0 Å². The van der Waals surface area contributed by atoms with E-state index in [2.05, 4.69) is 20.3 Å². The van der Waals surface area contributed by atoms with Gasteiger partial charge in [-0.25, -0.2) is 4.98 Å². The van der Waals surface area contributed by atoms with Crippen LogP contribution in [0.15, 0.2) is 6.33 Å². The molecule has 4 heterocycles. The first-order valence-corrected chi connectivity index (χ1v) is 17.7. The molecule has 5 atom stereocenters. The van der Waals surface area contributed by atoms with Crippen molar-refractivity contribution in [3.8, 4) is 0 Å². The highest BCUT2D eigenvalue weighted by atomic mass is 32.2. The summed E-state index contributed by atoms with van der Waals surface area (Å²) in [7, 11) is -10.3. The van der Waals surface area contributed by atoms with Crippen molar-refractivity contribution in [3.05, 3.63) is 12.4 Å². The van der Waals surface area contributed by atoms with E-state index in [4.69, 9.17) is 32.2 Å². The lowest BCUT2D eigenvalue weighted by atomic mass is 9.96. The van der Waals surface area contributed by atoms with E-state index in [1.807, 2.05) is 0 Å². The number of imidazole rings is 1. The second kappa shape index (κ2) is 14.6. The maximum absolute atomic E-state index is 14.7. The molecule has 2 aliphatic rings. The summed E-state index contributed by atoms with van der Waals surface area (Å²) in [4.78, 5) is 24.0. The van der Waals surface area contributed by atoms with Crippen LogP contribution in [0.5, 0.6) is 0 Å². The Morgan fingerprint density at radius 1 is 1.13 bits per heavy atom. The van der Waals surface area contributed by atoms with Crippen LogP contribution < -0.4 is 5.32 Å². The van der Waals surface area contributed by atoms with Gasteiger partial charge in [-0.3, -0.25) is 18.1 Å². The van der Waals surface area contributed by atoms with Gasteiger partial charge in [0.05, 0.1) is 19.5 Å². The number of hydrogen-bond donors (Lipinski definition) is 1. The van der Waals surface area contributed by atoms with Crippen molar-refractivity contribution in [2.75, 3.05) is 31.5 Å². The lowest BCUT2D eigenvalue weighted by Gasteiger charge is -2.30. The van der Waals surface area contributed by atoms with Crippen molar-refractivity contribution in [2.24, 2.45) is 5.41 Å². The Balaban J connectivity index is 1.81. The number of nitrogens with one attached hydrogen (secondary N) is 1. The minimum atomic E-state index is -6.32. The molecule has 1 amide bonds. The number of aromatic nitrogens is 4. The highest BCUT2D eigenvalue weighted by Crippen LogP contribution is 2.49. The zero-order valence-corrected chi connectivity index (χ0v) is 27.8. The topological polar surface area (TPSA) is 189 Å². The van der Waals surface area contributed by atoms with Crippen molar-refractivity contribution in [2.45, 2.75) is 90.4 Å². The highest BCUT2D eigenvalue weighted by Gasteiger charge is 2.57. The molecule has 0 aliphatic carbocycles. The second-order valence-corrected chi connectivity index (χ2v) is 14.9. The van der Waals surface area contributed by atoms with Crippen molar-refractivity contribution in [1.29, 1.82) is 0 Å². The monoisotopic (exact) mass is 721 g/mol. The maximum Gasteiger partial charge on any atom is 0.523 e. The number of hydrogen-bond acceptors (Lipinski definition) is 14. The Hall–Kier alpha value is -2.36. The smallest absolute Gasteiger partial charge is 0.353 e. The van der Waals surface area contributed by atoms with Gasteiger partial charge in [0.25, 0.3) is 0 Å². The summed E-state index contributed by atoms with van der Waals surface area (Å²) in [6, 6.07) is 0. The lowest BCUT2D eigenvalue weighted by Crippen LogP contribution is -2.44. The van der Waals surface area contributed by atoms with Gasteiger partial charge in [-0.2, -0.15) is 35.9 Å². The molecule has 16 nitrogen and oxygen atoms in total. The first kappa shape index (κ1) is 37.5. The third kappa shape index (κ3) is 8.82. The van der Waals surface area contributed by atoms with Crippen molar-refractivity contribution >= 4 is 40.6 Å². The Labute approximate surface area is 267 Å². The van der Waals surface area contributed by atoms with Gasteiger partial charge in [0, 0.05) is 12.0 Å². The molecule has 0 aromatic carbocycles. The molecule has 4 rings (SSSR count). The van der Waals surface area contributed by atoms with E-state index in [0.717, 1.165) is 10.9 Å². The quantitative estimate of drug-likeness (QED) is 0.102. The Bertz CT molecular complexity index is 1560. The number of nitrogens with zero attached hydrogens (tertiary/aromatic N) is 4. The lowest BCUT2D eigenvalue weighted by molar-refractivity contribution is -0.241. The highest BCUT2D eigenvalue weighted by molar-refractivity contribution is 7.87. The molecule has 1 N–H and O–H groups in total. The van der Waals surface area contributed by atoms with Gasteiger partial charge >= 0.3 is 29.3 Å². The first-order chi connectivity index (χ1) is 21.9. The molecule has 2 aromatic heterocycles. The maximum atomic E-state index is 14.7. The zero-order valence-electron chi connectivity index (χ0n) is 26.1. The van der Waals surface area contributed by atoms with Gasteiger partial charge in [-0.15, -0.1) is 0 Å². The van der Waals surface area contributed by atoms with Crippen LogP contribution in [0.25, 0.3) is 11.2 Å². The number of fused-ring (bicyclic) bond motifs is 1. The van der Waals surface area contributed by atoms with E-state index in [9.17, 15) is 35.3 Å². The fourth-order valence-electron chi connectivity index (χ4n) is 4.53. The van der Waals surface area contributed by atoms with Crippen molar-refractivity contribution in [1.82, 2.24) is 19.5 Å². The first-order valence-electron chi connectivity index (χ1n) is 14.5. The standard InChI is InChI=1S/C25H36F4N5O11PS/c1-6-41-46(36,42-7-2)13-40-21-17(43-14-10-8-9-11-39-14)16(45-47(37,38)25(27,28)29)20(44-21)34-12-30-15-18(31-22(35)24(3,4)5)32-23(26)33-19(15)34/h12,14,16-17,20-21H,6-11,13H2,1-5H3,(H,31,32,33,35)/t14?,16-,17+,20-,21+/m1/s1. The molecule has 1 unspecified atom stereocenters. The molecule has 2 fully saturated rings. The Morgan fingerprint density at radius 2 is 1.81 bits per heavy atom. The Kier molecular flexibility index (Phi) is 11.7. The van der Waals surface area contributed by atoms with E-state index in [1.165, 1.54) is 13.8 Å². The fourth-order valence-corrected chi connectivity index (χ4v) is 6.48. The number of ether oxygens (including phenoxy) is 4. The summed E-state index contributed by atoms with van der Waals surface area (Å²) in [5.41, 5.74) is -7.47. The molecule has 2 aromatic rings. The third-order valence-electron chi connectivity index (χ3n) is 6.74. The molecule has 2 saturated heterocycles. The molecule has 2 aliphatic heterocycles. The van der Waals surface area contributed by atoms with Gasteiger partial charge in [-0.05, 0) is 33.1 Å². The van der Waals surface area contributed by atoms with Crippen LogP contribution in [0.2, 0.25) is 0 Å². The van der Waals surface area contributed by atoms with Crippen LogP contribution in [0.4, 0.5) is 23.4 Å². The zero-order chi connectivity index (χ0) is 34.8. The number of alkyl halides is 3. The molecular weight excluding hydrogens is 685 g/mol. The predicted molar refractivity (Wildman–Crippen MR) is 152 cm³/mol. The molecule has 0 bridgehead atoms. The molecule has 22 heteroatoms. The van der Waals surface area contributed by atoms with Crippen LogP contribution in [-0.4, -0.2) is 90.3 Å². The van der Waals surface area contributed by atoms with Gasteiger partial charge in [0.1, 0.15) is 6.10 Å². The largest absolute Gasteiger partial charge is 0.523 e. The molecule has 47 heavy (non-hydrogen) atoms. The van der Waals surface area contributed by atoms with Gasteiger partial charge < -0.3 is 33.3 Å². The molecule has 266 valence electrons. The summed E-state index contributed by atoms with van der Waals surface area (Å²) >= 11 is 0. The van der Waals surface area contributed by atoms with Crippen molar-refractivity contribution < 1.29 is 67.5 Å². The Morgan fingerprint density at radius 3 is 2.38 bits per heavy atom. The van der Waals surface area contributed by atoms with Crippen LogP contribution in [0, 0.1) is 11.5 Å². The van der Waals surface area contributed by atoms with Gasteiger partial charge in [-0.1, -0.05) is 20.8 Å². The van der Waals surface area contributed by atoms with E-state index in [0.29, 0.717) is 12.8 Å². The van der Waals surface area contributed by atoms with Gasteiger partial charge in [0.15, 0.2) is 48.2 Å². The number of carbonyl (C=O) groups is 1. The summed E-state index contributed by atoms with van der Waals surface area (Å²) in [5.74, 6) is -0.960. The summed E-state index contributed by atoms with van der Waals surface area (Å²) in [6.45, 7) is 7.94. The predicted octanol–water partition coefficient (Wildman–Crippen LogP) is 4.19. The minimum absolute atomic E-state index is 0.0550. The van der Waals surface area contributed by atoms with Crippen molar-refractivity contribution in [3.63, 3.8) is 0 Å². The molecule has 0 saturated carbocycles.